The van der Waals surface area contributed by atoms with Crippen molar-refractivity contribution in [2.45, 2.75) is 0 Å². The molecule has 0 aliphatic carbocycles. The Labute approximate surface area is 131 Å². The Morgan fingerprint density at radius 3 is 2.65 bits per heavy atom. The smallest absolute Gasteiger partial charge is 0.264 e. The molecule has 3 aromatic rings. The third kappa shape index (κ3) is 2.35. The van der Waals surface area contributed by atoms with E-state index in [1.165, 1.54) is 6.07 Å². The van der Waals surface area contributed by atoms with E-state index in [1.54, 1.807) is 4.68 Å². The molecule has 0 saturated carbocycles. The molecule has 0 spiro atoms. The van der Waals surface area contributed by atoms with Gasteiger partial charge >= 0.3 is 0 Å². The van der Waals surface area contributed by atoms with Crippen LogP contribution in [0.5, 0.6) is 5.88 Å². The maximum atomic E-state index is 12.4. The van der Waals surface area contributed by atoms with Crippen LogP contribution in [-0.2, 0) is 4.74 Å². The molecule has 0 unspecified atom stereocenters. The highest BCUT2D eigenvalue weighted by atomic mass is 16.5. The fourth-order valence-corrected chi connectivity index (χ4v) is 2.91. The van der Waals surface area contributed by atoms with Crippen LogP contribution in [-0.4, -0.2) is 46.2 Å². The molecular formula is C16H16N4O3. The predicted molar refractivity (Wildman–Crippen MR) is 86.4 cm³/mol. The maximum absolute atomic E-state index is 12.4. The first-order valence-electron chi connectivity index (χ1n) is 7.47. The Hall–Kier alpha value is -2.80. The van der Waals surface area contributed by atoms with E-state index in [4.69, 9.17) is 4.74 Å². The number of hydrogen-bond donors (Lipinski definition) is 2. The van der Waals surface area contributed by atoms with Crippen molar-refractivity contribution in [3.63, 3.8) is 0 Å². The van der Waals surface area contributed by atoms with E-state index in [9.17, 15) is 9.90 Å². The van der Waals surface area contributed by atoms with Gasteiger partial charge in [-0.3, -0.25) is 9.78 Å². The molecule has 1 aliphatic heterocycles. The molecule has 2 aromatic heterocycles. The van der Waals surface area contributed by atoms with Crippen LogP contribution in [0, 0.1) is 0 Å². The van der Waals surface area contributed by atoms with Crippen LogP contribution in [0.4, 0.5) is 5.82 Å². The lowest BCUT2D eigenvalue weighted by Crippen LogP contribution is -2.38. The monoisotopic (exact) mass is 312 g/mol. The minimum absolute atomic E-state index is 0.186. The number of H-pyrrole nitrogens is 1. The lowest BCUT2D eigenvalue weighted by Gasteiger charge is -2.29. The number of hydrogen-bond acceptors (Lipinski definition) is 5. The highest BCUT2D eigenvalue weighted by Gasteiger charge is 2.23. The molecule has 23 heavy (non-hydrogen) atoms. The molecule has 0 bridgehead atoms. The van der Waals surface area contributed by atoms with E-state index in [2.05, 4.69) is 15.0 Å². The summed E-state index contributed by atoms with van der Waals surface area (Å²) in [5.41, 5.74) is 0.990. The Morgan fingerprint density at radius 1 is 1.17 bits per heavy atom. The van der Waals surface area contributed by atoms with Crippen molar-refractivity contribution in [3.05, 3.63) is 46.8 Å². The first-order valence-corrected chi connectivity index (χ1v) is 7.47. The van der Waals surface area contributed by atoms with Gasteiger partial charge in [0.05, 0.1) is 18.9 Å². The summed E-state index contributed by atoms with van der Waals surface area (Å²) in [7, 11) is 0. The van der Waals surface area contributed by atoms with Crippen LogP contribution < -0.4 is 10.5 Å². The lowest BCUT2D eigenvalue weighted by molar-refractivity contribution is 0.122. The van der Waals surface area contributed by atoms with Gasteiger partial charge in [-0.25, -0.2) is 4.68 Å². The number of nitrogens with one attached hydrogen (secondary N) is 1. The fourth-order valence-electron chi connectivity index (χ4n) is 2.91. The largest absolute Gasteiger partial charge is 0.494 e. The van der Waals surface area contributed by atoms with Crippen LogP contribution >= 0.6 is 0 Å². The van der Waals surface area contributed by atoms with Crippen LogP contribution in [0.2, 0.25) is 0 Å². The van der Waals surface area contributed by atoms with Crippen LogP contribution in [0.25, 0.3) is 16.6 Å². The van der Waals surface area contributed by atoms with Gasteiger partial charge in [-0.05, 0) is 12.1 Å². The summed E-state index contributed by atoms with van der Waals surface area (Å²) in [6.45, 7) is 2.59. The first-order chi connectivity index (χ1) is 11.2. The molecule has 1 aromatic carbocycles. The SMILES string of the molecule is O=c1[nH]c(O)cc2nn(-c3ccccc3)c(N3CCOCC3)c12. The highest BCUT2D eigenvalue weighted by molar-refractivity contribution is 5.91. The average molecular weight is 312 g/mol. The minimum atomic E-state index is -0.344. The third-order valence-electron chi connectivity index (χ3n) is 3.94. The lowest BCUT2D eigenvalue weighted by atomic mass is 10.2. The number of rotatable bonds is 2. The molecule has 2 N–H and O–H groups in total. The number of ether oxygens (including phenoxy) is 1. The Morgan fingerprint density at radius 2 is 1.91 bits per heavy atom. The zero-order valence-corrected chi connectivity index (χ0v) is 12.4. The van der Waals surface area contributed by atoms with E-state index in [0.29, 0.717) is 37.2 Å². The molecule has 4 rings (SSSR count). The normalized spacial score (nSPS) is 15.2. The standard InChI is InChI=1S/C16H16N4O3/c21-13-10-12-14(15(22)17-13)16(19-6-8-23-9-7-19)20(18-12)11-4-2-1-3-5-11/h1-5,10,21H,6-9H2,(H,17,22). The molecule has 0 amide bonds. The second-order valence-corrected chi connectivity index (χ2v) is 5.41. The van der Waals surface area contributed by atoms with E-state index < -0.39 is 0 Å². The first kappa shape index (κ1) is 13.8. The molecular weight excluding hydrogens is 296 g/mol. The number of benzene rings is 1. The van der Waals surface area contributed by atoms with E-state index in [0.717, 1.165) is 11.5 Å². The number of aromatic hydroxyl groups is 1. The van der Waals surface area contributed by atoms with E-state index in [1.807, 2.05) is 30.3 Å². The van der Waals surface area contributed by atoms with Gasteiger partial charge in [0, 0.05) is 19.2 Å². The zero-order valence-electron chi connectivity index (χ0n) is 12.4. The summed E-state index contributed by atoms with van der Waals surface area (Å²) in [5.74, 6) is 0.546. The highest BCUT2D eigenvalue weighted by Crippen LogP contribution is 2.29. The Balaban J connectivity index is 2.01. The molecule has 118 valence electrons. The number of nitrogens with zero attached hydrogens (tertiary/aromatic N) is 3. The molecule has 0 atom stereocenters. The molecule has 3 heterocycles. The van der Waals surface area contributed by atoms with Gasteiger partial charge in [0.1, 0.15) is 16.7 Å². The Bertz CT molecular complexity index is 895. The summed E-state index contributed by atoms with van der Waals surface area (Å²) >= 11 is 0. The molecule has 7 heteroatoms. The van der Waals surface area contributed by atoms with Gasteiger partial charge < -0.3 is 14.7 Å². The van der Waals surface area contributed by atoms with Crippen LogP contribution in [0.3, 0.4) is 0 Å². The van der Waals surface area contributed by atoms with Crippen molar-refractivity contribution < 1.29 is 9.84 Å². The van der Waals surface area contributed by atoms with Gasteiger partial charge in [0.2, 0.25) is 0 Å². The number of para-hydroxylation sites is 1. The molecule has 1 saturated heterocycles. The number of fused-ring (bicyclic) bond motifs is 1. The fraction of sp³-hybridized carbons (Fsp3) is 0.250. The van der Waals surface area contributed by atoms with Gasteiger partial charge in [-0.1, -0.05) is 18.2 Å². The third-order valence-corrected chi connectivity index (χ3v) is 3.94. The second kappa shape index (κ2) is 5.44. The number of aromatic nitrogens is 3. The van der Waals surface area contributed by atoms with Crippen molar-refractivity contribution in [2.75, 3.05) is 31.2 Å². The second-order valence-electron chi connectivity index (χ2n) is 5.41. The number of aromatic amines is 1. The summed E-state index contributed by atoms with van der Waals surface area (Å²) in [5, 5.41) is 14.7. The quantitative estimate of drug-likeness (QED) is 0.744. The van der Waals surface area contributed by atoms with Crippen LogP contribution in [0.1, 0.15) is 0 Å². The number of morpholine rings is 1. The van der Waals surface area contributed by atoms with Crippen molar-refractivity contribution in [1.29, 1.82) is 0 Å². The number of pyridine rings is 1. The maximum Gasteiger partial charge on any atom is 0.264 e. The average Bonchev–Trinajstić information content (AvgIpc) is 2.96. The summed E-state index contributed by atoms with van der Waals surface area (Å²) < 4.78 is 7.16. The molecule has 1 aliphatic rings. The summed E-state index contributed by atoms with van der Waals surface area (Å²) in [6.07, 6.45) is 0. The zero-order chi connectivity index (χ0) is 15.8. The Kier molecular flexibility index (Phi) is 3.27. The molecule has 1 fully saturated rings. The van der Waals surface area contributed by atoms with Gasteiger partial charge in [0.15, 0.2) is 5.88 Å². The predicted octanol–water partition coefficient (Wildman–Crippen LogP) is 1.26. The summed E-state index contributed by atoms with van der Waals surface area (Å²) in [6, 6.07) is 11.1. The van der Waals surface area contributed by atoms with Crippen molar-refractivity contribution >= 4 is 16.7 Å². The van der Waals surface area contributed by atoms with E-state index >= 15 is 0 Å². The van der Waals surface area contributed by atoms with Crippen LogP contribution in [0.15, 0.2) is 41.2 Å². The minimum Gasteiger partial charge on any atom is -0.494 e. The van der Waals surface area contributed by atoms with Crippen molar-refractivity contribution in [3.8, 4) is 11.6 Å². The number of anilines is 1. The summed E-state index contributed by atoms with van der Waals surface area (Å²) in [4.78, 5) is 16.9. The van der Waals surface area contributed by atoms with Gasteiger partial charge in [0.25, 0.3) is 5.56 Å². The van der Waals surface area contributed by atoms with Crippen molar-refractivity contribution in [1.82, 2.24) is 14.8 Å². The van der Waals surface area contributed by atoms with Crippen molar-refractivity contribution in [2.24, 2.45) is 0 Å². The molecule has 0 radical (unpaired) electrons. The van der Waals surface area contributed by atoms with E-state index in [-0.39, 0.29) is 11.4 Å². The molecule has 7 nitrogen and oxygen atoms in total. The van der Waals surface area contributed by atoms with Gasteiger partial charge in [-0.15, -0.1) is 0 Å². The topological polar surface area (TPSA) is 83.4 Å². The van der Waals surface area contributed by atoms with Gasteiger partial charge in [-0.2, -0.15) is 5.10 Å².